The number of carbonyl (C=O) groups excluding carboxylic acids is 1. The first-order valence-electron chi connectivity index (χ1n) is 8.11. The number of nitrogens with zero attached hydrogens (tertiary/aromatic N) is 2. The monoisotopic (exact) mass is 412 g/mol. The van der Waals surface area contributed by atoms with Gasteiger partial charge in [-0.3, -0.25) is 14.2 Å². The van der Waals surface area contributed by atoms with Crippen LogP contribution in [0, 0.1) is 0 Å². The Hall–Kier alpha value is -2.41. The van der Waals surface area contributed by atoms with Gasteiger partial charge in [0.25, 0.3) is 5.56 Å². The van der Waals surface area contributed by atoms with E-state index >= 15 is 0 Å². The highest BCUT2D eigenvalue weighted by Crippen LogP contribution is 2.24. The number of para-hydroxylation sites is 1. The van der Waals surface area contributed by atoms with E-state index in [2.05, 4.69) is 4.98 Å². The molecule has 134 valence electrons. The Morgan fingerprint density at radius 2 is 1.96 bits per heavy atom. The minimum absolute atomic E-state index is 0.00931. The van der Waals surface area contributed by atoms with E-state index in [0.29, 0.717) is 31.6 Å². The van der Waals surface area contributed by atoms with E-state index in [4.69, 9.17) is 11.6 Å². The maximum Gasteiger partial charge on any atom is 0.266 e. The number of thioether (sulfide) groups is 1. The van der Waals surface area contributed by atoms with E-state index in [0.717, 1.165) is 0 Å². The second-order valence-electron chi connectivity index (χ2n) is 5.72. The molecular formula is C20H13ClN2O2S2. The van der Waals surface area contributed by atoms with Crippen molar-refractivity contribution in [3.8, 4) is 5.69 Å². The molecule has 4 nitrogen and oxygen atoms in total. The number of aromatic nitrogens is 2. The number of ketones is 1. The maximum absolute atomic E-state index is 13.1. The molecule has 27 heavy (non-hydrogen) atoms. The summed E-state index contributed by atoms with van der Waals surface area (Å²) in [5, 5.41) is 3.38. The molecule has 2 heterocycles. The predicted molar refractivity (Wildman–Crippen MR) is 112 cm³/mol. The molecule has 2 aromatic carbocycles. The third-order valence-corrected chi connectivity index (χ3v) is 6.02. The van der Waals surface area contributed by atoms with Gasteiger partial charge in [0.2, 0.25) is 0 Å². The van der Waals surface area contributed by atoms with Crippen molar-refractivity contribution >= 4 is 51.4 Å². The fourth-order valence-corrected chi connectivity index (χ4v) is 4.53. The second kappa shape index (κ2) is 7.68. The molecule has 0 aliphatic rings. The van der Waals surface area contributed by atoms with Gasteiger partial charge in [0.15, 0.2) is 10.9 Å². The van der Waals surface area contributed by atoms with Crippen molar-refractivity contribution in [2.24, 2.45) is 0 Å². The molecular weight excluding hydrogens is 400 g/mol. The molecule has 2 aromatic heterocycles. The van der Waals surface area contributed by atoms with Crippen molar-refractivity contribution in [1.29, 1.82) is 0 Å². The molecule has 0 saturated heterocycles. The molecule has 0 fully saturated rings. The summed E-state index contributed by atoms with van der Waals surface area (Å²) in [7, 11) is 0. The first-order valence-corrected chi connectivity index (χ1v) is 10.3. The molecule has 0 bridgehead atoms. The van der Waals surface area contributed by atoms with Gasteiger partial charge in [0.05, 0.1) is 27.2 Å². The van der Waals surface area contributed by atoms with Crippen molar-refractivity contribution in [2.45, 2.75) is 5.16 Å². The highest BCUT2D eigenvalue weighted by Gasteiger charge is 2.16. The summed E-state index contributed by atoms with van der Waals surface area (Å²) >= 11 is 8.77. The molecule has 0 N–H and O–H groups in total. The number of hydrogen-bond donors (Lipinski definition) is 0. The van der Waals surface area contributed by atoms with E-state index < -0.39 is 0 Å². The quantitative estimate of drug-likeness (QED) is 0.261. The minimum atomic E-state index is -0.186. The van der Waals surface area contributed by atoms with E-state index in [1.807, 2.05) is 17.5 Å². The molecule has 0 aliphatic carbocycles. The summed E-state index contributed by atoms with van der Waals surface area (Å²) in [6.07, 6.45) is 0. The van der Waals surface area contributed by atoms with Crippen LogP contribution in [0.1, 0.15) is 9.67 Å². The third-order valence-electron chi connectivity index (χ3n) is 3.94. The number of rotatable bonds is 5. The number of thiophene rings is 1. The van der Waals surface area contributed by atoms with Crippen LogP contribution in [0.25, 0.3) is 16.6 Å². The molecule has 7 heteroatoms. The van der Waals surface area contributed by atoms with Crippen LogP contribution >= 0.6 is 34.7 Å². The van der Waals surface area contributed by atoms with Crippen LogP contribution in [-0.2, 0) is 0 Å². The first-order chi connectivity index (χ1) is 13.1. The molecule has 0 aliphatic heterocycles. The predicted octanol–water partition coefficient (Wildman–Crippen LogP) is 5.08. The van der Waals surface area contributed by atoms with E-state index in [1.165, 1.54) is 27.7 Å². The van der Waals surface area contributed by atoms with Gasteiger partial charge in [-0.05, 0) is 41.8 Å². The van der Waals surface area contributed by atoms with Gasteiger partial charge in [-0.25, -0.2) is 4.98 Å². The van der Waals surface area contributed by atoms with Gasteiger partial charge in [0.1, 0.15) is 0 Å². The fourth-order valence-electron chi connectivity index (χ4n) is 2.69. The van der Waals surface area contributed by atoms with E-state index in [1.54, 1.807) is 48.5 Å². The average Bonchev–Trinajstić information content (AvgIpc) is 3.21. The van der Waals surface area contributed by atoms with Crippen LogP contribution in [0.2, 0.25) is 5.02 Å². The largest absolute Gasteiger partial charge is 0.292 e. The van der Waals surface area contributed by atoms with Crippen LogP contribution in [0.3, 0.4) is 0 Å². The number of carbonyl (C=O) groups is 1. The maximum atomic E-state index is 13.1. The smallest absolute Gasteiger partial charge is 0.266 e. The van der Waals surface area contributed by atoms with Gasteiger partial charge >= 0.3 is 0 Å². The summed E-state index contributed by atoms with van der Waals surface area (Å²) in [6, 6.07) is 17.9. The third kappa shape index (κ3) is 3.69. The van der Waals surface area contributed by atoms with Crippen molar-refractivity contribution in [1.82, 2.24) is 9.55 Å². The van der Waals surface area contributed by atoms with Crippen LogP contribution in [0.5, 0.6) is 0 Å². The zero-order valence-electron chi connectivity index (χ0n) is 14.0. The highest BCUT2D eigenvalue weighted by molar-refractivity contribution is 7.99. The summed E-state index contributed by atoms with van der Waals surface area (Å²) in [6.45, 7) is 0. The zero-order chi connectivity index (χ0) is 18.8. The van der Waals surface area contributed by atoms with Crippen LogP contribution in [-0.4, -0.2) is 21.1 Å². The SMILES string of the molecule is O=C(CSc1nc2ccccc2c(=O)n1-c1cccc(Cl)c1)c1cccs1. The Morgan fingerprint density at radius 1 is 1.11 bits per heavy atom. The van der Waals surface area contributed by atoms with Crippen LogP contribution < -0.4 is 5.56 Å². The lowest BCUT2D eigenvalue weighted by atomic mass is 10.2. The lowest BCUT2D eigenvalue weighted by Crippen LogP contribution is -2.22. The summed E-state index contributed by atoms with van der Waals surface area (Å²) in [4.78, 5) is 30.8. The molecule has 0 amide bonds. The topological polar surface area (TPSA) is 52.0 Å². The number of hydrogen-bond acceptors (Lipinski definition) is 5. The van der Waals surface area contributed by atoms with Crippen LogP contribution in [0.15, 0.2) is 76.0 Å². The van der Waals surface area contributed by atoms with Gasteiger partial charge in [-0.2, -0.15) is 0 Å². The van der Waals surface area contributed by atoms with Gasteiger partial charge < -0.3 is 0 Å². The molecule has 0 radical (unpaired) electrons. The Labute approximate surface area is 168 Å². The summed E-state index contributed by atoms with van der Waals surface area (Å²) in [5.41, 5.74) is 1.04. The number of benzene rings is 2. The Morgan fingerprint density at radius 3 is 2.74 bits per heavy atom. The number of fused-ring (bicyclic) bond motifs is 1. The average molecular weight is 413 g/mol. The number of Topliss-reactive ketones (excluding diaryl/α,β-unsaturated/α-hetero) is 1. The number of halogens is 1. The summed E-state index contributed by atoms with van der Waals surface area (Å²) < 4.78 is 1.51. The van der Waals surface area contributed by atoms with Crippen molar-refractivity contribution in [3.05, 3.63) is 86.3 Å². The fraction of sp³-hybridized carbons (Fsp3) is 0.0500. The summed E-state index contributed by atoms with van der Waals surface area (Å²) in [5.74, 6) is 0.210. The first kappa shape index (κ1) is 18.0. The lowest BCUT2D eigenvalue weighted by molar-refractivity contribution is 0.102. The standard InChI is InChI=1S/C20H13ClN2O2S2/c21-13-5-3-6-14(11-13)23-19(25)15-7-1-2-8-16(15)22-20(23)27-12-17(24)18-9-4-10-26-18/h1-11H,12H2. The Kier molecular flexibility index (Phi) is 5.11. The molecule has 0 saturated carbocycles. The van der Waals surface area contributed by atoms with Gasteiger partial charge in [-0.15, -0.1) is 11.3 Å². The van der Waals surface area contributed by atoms with Crippen molar-refractivity contribution < 1.29 is 4.79 Å². The zero-order valence-corrected chi connectivity index (χ0v) is 16.4. The normalized spacial score (nSPS) is 11.0. The van der Waals surface area contributed by atoms with Gasteiger partial charge in [0, 0.05) is 5.02 Å². The molecule has 4 aromatic rings. The molecule has 0 unspecified atom stereocenters. The minimum Gasteiger partial charge on any atom is -0.292 e. The van der Waals surface area contributed by atoms with Gasteiger partial charge in [-0.1, -0.05) is 47.6 Å². The molecule has 4 rings (SSSR count). The van der Waals surface area contributed by atoms with E-state index in [-0.39, 0.29) is 17.1 Å². The highest BCUT2D eigenvalue weighted by atomic mass is 35.5. The molecule has 0 spiro atoms. The lowest BCUT2D eigenvalue weighted by Gasteiger charge is -2.13. The second-order valence-corrected chi connectivity index (χ2v) is 8.05. The Balaban J connectivity index is 1.81. The molecule has 0 atom stereocenters. The van der Waals surface area contributed by atoms with Crippen molar-refractivity contribution in [2.75, 3.05) is 5.75 Å². The van der Waals surface area contributed by atoms with Crippen molar-refractivity contribution in [3.63, 3.8) is 0 Å². The van der Waals surface area contributed by atoms with Crippen LogP contribution in [0.4, 0.5) is 0 Å². The Bertz CT molecular complexity index is 1190. The van der Waals surface area contributed by atoms with E-state index in [9.17, 15) is 9.59 Å².